The molecule has 1 aliphatic rings. The lowest BCUT2D eigenvalue weighted by Gasteiger charge is -2.37. The van der Waals surface area contributed by atoms with Crippen molar-refractivity contribution in [2.45, 2.75) is 6.92 Å². The van der Waals surface area contributed by atoms with E-state index in [0.29, 0.717) is 65.4 Å². The molecule has 8 nitrogen and oxygen atoms in total. The Morgan fingerprint density at radius 2 is 1.78 bits per heavy atom. The highest BCUT2D eigenvalue weighted by Crippen LogP contribution is 2.41. The number of carbonyl (C=O) groups excluding carboxylic acids is 2. The number of fused-ring (bicyclic) bond motifs is 1. The van der Waals surface area contributed by atoms with Crippen LogP contribution in [0.3, 0.4) is 0 Å². The SMILES string of the molecule is CCOC(=O)c1cnc2c(OC)ccc(OC)c2c1N1CCN(C(=O)c2ccsc2)CC1. The van der Waals surface area contributed by atoms with Gasteiger partial charge in [0.2, 0.25) is 0 Å². The quantitative estimate of drug-likeness (QED) is 0.527. The van der Waals surface area contributed by atoms with Crippen molar-refractivity contribution in [3.8, 4) is 11.5 Å². The van der Waals surface area contributed by atoms with Gasteiger partial charge in [-0.25, -0.2) is 4.79 Å². The van der Waals surface area contributed by atoms with Gasteiger partial charge in [-0.1, -0.05) is 0 Å². The number of piperazine rings is 1. The lowest BCUT2D eigenvalue weighted by atomic mass is 10.0. The number of methoxy groups -OCH3 is 2. The molecule has 0 bridgehead atoms. The fraction of sp³-hybridized carbons (Fsp3) is 0.348. The van der Waals surface area contributed by atoms with Crippen molar-refractivity contribution in [1.82, 2.24) is 9.88 Å². The third-order valence-electron chi connectivity index (χ3n) is 5.50. The molecular weight excluding hydrogens is 430 g/mol. The molecule has 1 aliphatic heterocycles. The van der Waals surface area contributed by atoms with Crippen molar-refractivity contribution >= 4 is 39.8 Å². The first-order chi connectivity index (χ1) is 15.6. The molecule has 0 N–H and O–H groups in total. The molecule has 0 unspecified atom stereocenters. The van der Waals surface area contributed by atoms with E-state index in [2.05, 4.69) is 9.88 Å². The zero-order valence-corrected chi connectivity index (χ0v) is 19.1. The number of amides is 1. The van der Waals surface area contributed by atoms with E-state index in [4.69, 9.17) is 14.2 Å². The predicted molar refractivity (Wildman–Crippen MR) is 123 cm³/mol. The summed E-state index contributed by atoms with van der Waals surface area (Å²) in [4.78, 5) is 34.0. The summed E-state index contributed by atoms with van der Waals surface area (Å²) >= 11 is 1.51. The first kappa shape index (κ1) is 21.9. The van der Waals surface area contributed by atoms with Gasteiger partial charge >= 0.3 is 5.97 Å². The summed E-state index contributed by atoms with van der Waals surface area (Å²) in [6.45, 7) is 4.21. The van der Waals surface area contributed by atoms with E-state index in [1.165, 1.54) is 17.5 Å². The van der Waals surface area contributed by atoms with Crippen LogP contribution in [0.2, 0.25) is 0 Å². The summed E-state index contributed by atoms with van der Waals surface area (Å²) in [5.74, 6) is 0.754. The average Bonchev–Trinajstić information content (AvgIpc) is 3.37. The van der Waals surface area contributed by atoms with E-state index >= 15 is 0 Å². The third kappa shape index (κ3) is 3.95. The monoisotopic (exact) mass is 455 g/mol. The van der Waals surface area contributed by atoms with Gasteiger partial charge in [-0.3, -0.25) is 9.78 Å². The molecule has 4 rings (SSSR count). The number of ether oxygens (including phenoxy) is 3. The van der Waals surface area contributed by atoms with Crippen LogP contribution in [0.5, 0.6) is 11.5 Å². The number of rotatable bonds is 6. The van der Waals surface area contributed by atoms with Crippen LogP contribution < -0.4 is 14.4 Å². The average molecular weight is 456 g/mol. The highest BCUT2D eigenvalue weighted by Gasteiger charge is 2.29. The van der Waals surface area contributed by atoms with Gasteiger partial charge in [-0.2, -0.15) is 11.3 Å². The number of anilines is 1. The second-order valence-corrected chi connectivity index (χ2v) is 8.01. The smallest absolute Gasteiger partial charge is 0.341 e. The van der Waals surface area contributed by atoms with Crippen LogP contribution in [0.4, 0.5) is 5.69 Å². The molecule has 1 aromatic carbocycles. The van der Waals surface area contributed by atoms with Crippen molar-refractivity contribution in [1.29, 1.82) is 0 Å². The molecule has 168 valence electrons. The summed E-state index contributed by atoms with van der Waals surface area (Å²) in [5, 5.41) is 4.45. The summed E-state index contributed by atoms with van der Waals surface area (Å²) in [6.07, 6.45) is 1.53. The van der Waals surface area contributed by atoms with E-state index in [1.54, 1.807) is 33.3 Å². The standard InChI is InChI=1S/C23H25N3O5S/c1-4-31-23(28)16-13-24-20-18(30-3)6-5-17(29-2)19(20)21(16)25-8-10-26(11-9-25)22(27)15-7-12-32-14-15/h5-7,12-14H,4,8-11H2,1-3H3. The predicted octanol–water partition coefficient (Wildman–Crippen LogP) is 3.45. The van der Waals surface area contributed by atoms with Gasteiger partial charge < -0.3 is 24.0 Å². The van der Waals surface area contributed by atoms with Crippen LogP contribution in [0.15, 0.2) is 35.2 Å². The van der Waals surface area contributed by atoms with Crippen molar-refractivity contribution in [2.24, 2.45) is 0 Å². The van der Waals surface area contributed by atoms with E-state index in [0.717, 1.165) is 0 Å². The number of hydrogen-bond donors (Lipinski definition) is 0. The van der Waals surface area contributed by atoms with Gasteiger partial charge in [0, 0.05) is 37.8 Å². The van der Waals surface area contributed by atoms with E-state index < -0.39 is 5.97 Å². The van der Waals surface area contributed by atoms with Gasteiger partial charge in [0.05, 0.1) is 37.5 Å². The zero-order chi connectivity index (χ0) is 22.7. The van der Waals surface area contributed by atoms with Crippen LogP contribution in [-0.2, 0) is 4.74 Å². The lowest BCUT2D eigenvalue weighted by molar-refractivity contribution is 0.0525. The molecule has 1 amide bonds. The number of carbonyl (C=O) groups is 2. The minimum Gasteiger partial charge on any atom is -0.496 e. The Balaban J connectivity index is 1.75. The molecule has 1 saturated heterocycles. The number of aromatic nitrogens is 1. The normalized spacial score (nSPS) is 13.8. The van der Waals surface area contributed by atoms with Crippen molar-refractivity contribution in [3.63, 3.8) is 0 Å². The third-order valence-corrected chi connectivity index (χ3v) is 6.19. The maximum atomic E-state index is 12.8. The minimum absolute atomic E-state index is 0.0235. The molecular formula is C23H25N3O5S. The summed E-state index contributed by atoms with van der Waals surface area (Å²) in [7, 11) is 3.16. The molecule has 9 heteroatoms. The summed E-state index contributed by atoms with van der Waals surface area (Å²) < 4.78 is 16.4. The Morgan fingerprint density at radius 3 is 2.41 bits per heavy atom. The molecule has 0 spiro atoms. The van der Waals surface area contributed by atoms with E-state index in [-0.39, 0.29) is 12.5 Å². The Morgan fingerprint density at radius 1 is 1.06 bits per heavy atom. The highest BCUT2D eigenvalue weighted by atomic mass is 32.1. The number of pyridine rings is 1. The molecule has 0 aliphatic carbocycles. The van der Waals surface area contributed by atoms with Gasteiger partial charge in [0.15, 0.2) is 0 Å². The molecule has 0 saturated carbocycles. The maximum absolute atomic E-state index is 12.8. The second kappa shape index (κ2) is 9.44. The Hall–Kier alpha value is -3.33. The zero-order valence-electron chi connectivity index (χ0n) is 18.3. The number of nitrogens with zero attached hydrogens (tertiary/aromatic N) is 3. The molecule has 3 aromatic rings. The summed E-state index contributed by atoms with van der Waals surface area (Å²) in [5.41, 5.74) is 2.36. The molecule has 2 aromatic heterocycles. The number of esters is 1. The number of benzene rings is 1. The molecule has 0 atom stereocenters. The van der Waals surface area contributed by atoms with Crippen LogP contribution in [0.1, 0.15) is 27.6 Å². The van der Waals surface area contributed by atoms with Gasteiger partial charge in [-0.15, -0.1) is 0 Å². The largest absolute Gasteiger partial charge is 0.496 e. The first-order valence-corrected chi connectivity index (χ1v) is 11.3. The van der Waals surface area contributed by atoms with Crippen LogP contribution in [-0.4, -0.2) is 68.8 Å². The van der Waals surface area contributed by atoms with Crippen molar-refractivity contribution in [2.75, 3.05) is 51.9 Å². The van der Waals surface area contributed by atoms with E-state index in [9.17, 15) is 9.59 Å². The fourth-order valence-electron chi connectivity index (χ4n) is 3.96. The van der Waals surface area contributed by atoms with E-state index in [1.807, 2.05) is 21.7 Å². The van der Waals surface area contributed by atoms with Crippen LogP contribution in [0, 0.1) is 0 Å². The second-order valence-electron chi connectivity index (χ2n) is 7.23. The number of hydrogen-bond acceptors (Lipinski definition) is 8. The van der Waals surface area contributed by atoms with Crippen molar-refractivity contribution < 1.29 is 23.8 Å². The fourth-order valence-corrected chi connectivity index (χ4v) is 4.59. The lowest BCUT2D eigenvalue weighted by Crippen LogP contribution is -2.49. The Bertz CT molecular complexity index is 1120. The Labute approximate surface area is 190 Å². The highest BCUT2D eigenvalue weighted by molar-refractivity contribution is 7.08. The molecule has 3 heterocycles. The summed E-state index contributed by atoms with van der Waals surface area (Å²) in [6, 6.07) is 5.43. The topological polar surface area (TPSA) is 81.2 Å². The van der Waals surface area contributed by atoms with Crippen LogP contribution in [0.25, 0.3) is 10.9 Å². The molecule has 32 heavy (non-hydrogen) atoms. The van der Waals surface area contributed by atoms with Crippen LogP contribution >= 0.6 is 11.3 Å². The maximum Gasteiger partial charge on any atom is 0.341 e. The first-order valence-electron chi connectivity index (χ1n) is 10.4. The number of thiophene rings is 1. The molecule has 0 radical (unpaired) electrons. The Kier molecular flexibility index (Phi) is 6.45. The van der Waals surface area contributed by atoms with Gasteiger partial charge in [-0.05, 0) is 30.5 Å². The van der Waals surface area contributed by atoms with Gasteiger partial charge in [0.1, 0.15) is 22.6 Å². The van der Waals surface area contributed by atoms with Gasteiger partial charge in [0.25, 0.3) is 5.91 Å². The van der Waals surface area contributed by atoms with Crippen molar-refractivity contribution in [3.05, 3.63) is 46.3 Å². The minimum atomic E-state index is -0.446. The molecule has 1 fully saturated rings.